The quantitative estimate of drug-likeness (QED) is 0.751. The number of nitrogens with one attached hydrogen (secondary N) is 2. The zero-order valence-electron chi connectivity index (χ0n) is 14.2. The summed E-state index contributed by atoms with van der Waals surface area (Å²) >= 11 is 0. The van der Waals surface area contributed by atoms with E-state index in [1.54, 1.807) is 17.0 Å². The molecule has 7 nitrogen and oxygen atoms in total. The van der Waals surface area contributed by atoms with Gasteiger partial charge in [-0.05, 0) is 49.4 Å². The van der Waals surface area contributed by atoms with Crippen LogP contribution in [0.1, 0.15) is 40.3 Å². The molecule has 0 spiro atoms. The highest BCUT2D eigenvalue weighted by molar-refractivity contribution is 5.93. The summed E-state index contributed by atoms with van der Waals surface area (Å²) in [6.45, 7) is 0.185. The highest BCUT2D eigenvalue weighted by Gasteiger charge is 2.17. The molecular formula is C19H19N5O2. The minimum atomic E-state index is -0.401. The van der Waals surface area contributed by atoms with Gasteiger partial charge in [-0.3, -0.25) is 14.2 Å². The van der Waals surface area contributed by atoms with E-state index in [1.165, 1.54) is 0 Å². The molecule has 0 bridgehead atoms. The van der Waals surface area contributed by atoms with E-state index >= 15 is 0 Å². The number of fused-ring (bicyclic) bond motifs is 1. The normalized spacial score (nSPS) is 13.2. The maximum atomic E-state index is 12.5. The minimum absolute atomic E-state index is 0.149. The number of hydrogen-bond acceptors (Lipinski definition) is 4. The predicted molar refractivity (Wildman–Crippen MR) is 96.2 cm³/mol. The Bertz CT molecular complexity index is 991. The fraction of sp³-hybridized carbons (Fsp3) is 0.263. The van der Waals surface area contributed by atoms with Crippen molar-refractivity contribution >= 4 is 5.91 Å². The van der Waals surface area contributed by atoms with Crippen LogP contribution >= 0.6 is 0 Å². The number of hydrogen-bond donors (Lipinski definition) is 2. The van der Waals surface area contributed by atoms with Crippen molar-refractivity contribution in [2.75, 3.05) is 0 Å². The number of rotatable bonds is 4. The van der Waals surface area contributed by atoms with E-state index < -0.39 is 5.91 Å². The molecule has 0 atom stereocenters. The molecule has 2 heterocycles. The van der Waals surface area contributed by atoms with Crippen molar-refractivity contribution in [1.29, 1.82) is 0 Å². The summed E-state index contributed by atoms with van der Waals surface area (Å²) in [5.41, 5.74) is 2.74. The van der Waals surface area contributed by atoms with Crippen LogP contribution in [0.15, 0.2) is 47.5 Å². The number of amides is 1. The van der Waals surface area contributed by atoms with Crippen LogP contribution in [0.4, 0.5) is 0 Å². The van der Waals surface area contributed by atoms with Gasteiger partial charge in [0, 0.05) is 11.4 Å². The van der Waals surface area contributed by atoms with Crippen molar-refractivity contribution in [3.63, 3.8) is 0 Å². The molecular weight excluding hydrogens is 330 g/mol. The Labute approximate surface area is 150 Å². The number of aryl methyl sites for hydroxylation is 2. The van der Waals surface area contributed by atoms with Crippen LogP contribution in [-0.4, -0.2) is 25.7 Å². The van der Waals surface area contributed by atoms with Crippen molar-refractivity contribution in [3.05, 3.63) is 75.7 Å². The minimum Gasteiger partial charge on any atom is -0.345 e. The summed E-state index contributed by atoms with van der Waals surface area (Å²) in [5, 5.41) is 10.8. The summed E-state index contributed by atoms with van der Waals surface area (Å²) in [6.07, 6.45) is 5.52. The molecule has 1 aromatic carbocycles. The van der Waals surface area contributed by atoms with Gasteiger partial charge in [0.25, 0.3) is 11.5 Å². The molecule has 2 aromatic heterocycles. The summed E-state index contributed by atoms with van der Waals surface area (Å²) in [5.74, 6) is 0.196. The zero-order chi connectivity index (χ0) is 17.9. The molecule has 0 saturated heterocycles. The van der Waals surface area contributed by atoms with Gasteiger partial charge < -0.3 is 10.3 Å². The van der Waals surface area contributed by atoms with Crippen molar-refractivity contribution in [2.45, 2.75) is 32.2 Å². The van der Waals surface area contributed by atoms with E-state index in [-0.39, 0.29) is 17.7 Å². The highest BCUT2D eigenvalue weighted by atomic mass is 16.2. The van der Waals surface area contributed by atoms with Crippen LogP contribution in [-0.2, 0) is 19.4 Å². The zero-order valence-corrected chi connectivity index (χ0v) is 14.2. The Morgan fingerprint density at radius 2 is 2.00 bits per heavy atom. The van der Waals surface area contributed by atoms with Gasteiger partial charge in [0.15, 0.2) is 5.82 Å². The number of nitrogens with zero attached hydrogens (tertiary/aromatic N) is 3. The van der Waals surface area contributed by atoms with Crippen LogP contribution in [0.2, 0.25) is 0 Å². The Balaban J connectivity index is 1.52. The number of aromatic amines is 1. The number of H-pyrrole nitrogens is 1. The number of aromatic nitrogens is 4. The molecule has 26 heavy (non-hydrogen) atoms. The number of para-hydroxylation sites is 1. The third kappa shape index (κ3) is 3.15. The van der Waals surface area contributed by atoms with Gasteiger partial charge in [0.05, 0.1) is 6.54 Å². The van der Waals surface area contributed by atoms with Gasteiger partial charge in [0.2, 0.25) is 0 Å². The highest BCUT2D eigenvalue weighted by Crippen LogP contribution is 2.18. The predicted octanol–water partition coefficient (Wildman–Crippen LogP) is 1.76. The first kappa shape index (κ1) is 16.3. The number of carbonyl (C=O) groups is 1. The first-order chi connectivity index (χ1) is 12.7. The summed E-state index contributed by atoms with van der Waals surface area (Å²) in [6, 6.07) is 11.4. The molecule has 0 fully saturated rings. The smallest absolute Gasteiger partial charge is 0.261 e. The maximum absolute atomic E-state index is 12.5. The average molecular weight is 349 g/mol. The Morgan fingerprint density at radius 3 is 2.85 bits per heavy atom. The van der Waals surface area contributed by atoms with Crippen LogP contribution in [0, 0.1) is 0 Å². The van der Waals surface area contributed by atoms with Gasteiger partial charge in [0.1, 0.15) is 11.9 Å². The molecule has 0 saturated carbocycles. The Hall–Kier alpha value is -3.22. The molecule has 0 radical (unpaired) electrons. The van der Waals surface area contributed by atoms with Crippen LogP contribution in [0.3, 0.4) is 0 Å². The molecule has 1 aliphatic rings. The van der Waals surface area contributed by atoms with Crippen molar-refractivity contribution in [1.82, 2.24) is 25.1 Å². The average Bonchev–Trinajstić information content (AvgIpc) is 3.15. The van der Waals surface area contributed by atoms with Gasteiger partial charge in [-0.1, -0.05) is 18.2 Å². The van der Waals surface area contributed by atoms with Crippen LogP contribution in [0.25, 0.3) is 5.69 Å². The summed E-state index contributed by atoms with van der Waals surface area (Å²) in [7, 11) is 0. The molecule has 4 rings (SSSR count). The molecule has 132 valence electrons. The first-order valence-corrected chi connectivity index (χ1v) is 8.70. The van der Waals surface area contributed by atoms with Gasteiger partial charge in [-0.2, -0.15) is 0 Å². The lowest BCUT2D eigenvalue weighted by Crippen LogP contribution is -2.31. The molecule has 0 unspecified atom stereocenters. The van der Waals surface area contributed by atoms with E-state index in [0.29, 0.717) is 5.82 Å². The number of carbonyl (C=O) groups excluding carboxylic acids is 1. The molecule has 0 aliphatic heterocycles. The first-order valence-electron chi connectivity index (χ1n) is 8.70. The van der Waals surface area contributed by atoms with Crippen LogP contribution in [0.5, 0.6) is 0 Å². The maximum Gasteiger partial charge on any atom is 0.261 e. The standard InChI is InChI=1S/C19H19N5O2/c25-18(15-10-13-6-4-5-9-16(13)22-19(15)26)20-11-17-23-21-12-24(17)14-7-2-1-3-8-14/h1-3,7-8,10,12H,4-6,9,11H2,(H,20,25)(H,22,26). The number of pyridine rings is 1. The largest absolute Gasteiger partial charge is 0.345 e. The Morgan fingerprint density at radius 1 is 1.19 bits per heavy atom. The van der Waals surface area contributed by atoms with E-state index in [9.17, 15) is 9.59 Å². The lowest BCUT2D eigenvalue weighted by Gasteiger charge is -2.16. The monoisotopic (exact) mass is 349 g/mol. The van der Waals surface area contributed by atoms with Crippen molar-refractivity contribution in [2.24, 2.45) is 0 Å². The van der Waals surface area contributed by atoms with Gasteiger partial charge >= 0.3 is 0 Å². The topological polar surface area (TPSA) is 92.7 Å². The fourth-order valence-corrected chi connectivity index (χ4v) is 3.28. The lowest BCUT2D eigenvalue weighted by molar-refractivity contribution is 0.0948. The van der Waals surface area contributed by atoms with Gasteiger partial charge in [-0.15, -0.1) is 10.2 Å². The second-order valence-electron chi connectivity index (χ2n) is 6.36. The van der Waals surface area contributed by atoms with Crippen LogP contribution < -0.4 is 10.9 Å². The summed E-state index contributed by atoms with van der Waals surface area (Å²) < 4.78 is 1.80. The molecule has 2 N–H and O–H groups in total. The van der Waals surface area contributed by atoms with Crippen molar-refractivity contribution in [3.8, 4) is 5.69 Å². The molecule has 1 amide bonds. The summed E-state index contributed by atoms with van der Waals surface area (Å²) in [4.78, 5) is 27.6. The Kier molecular flexibility index (Phi) is 4.35. The van der Waals surface area contributed by atoms with E-state index in [1.807, 2.05) is 30.3 Å². The van der Waals surface area contributed by atoms with E-state index in [4.69, 9.17) is 0 Å². The second kappa shape index (κ2) is 6.95. The van der Waals surface area contributed by atoms with E-state index in [2.05, 4.69) is 20.5 Å². The lowest BCUT2D eigenvalue weighted by atomic mass is 9.95. The van der Waals surface area contributed by atoms with Gasteiger partial charge in [-0.25, -0.2) is 0 Å². The molecule has 3 aromatic rings. The second-order valence-corrected chi connectivity index (χ2v) is 6.36. The van der Waals surface area contributed by atoms with E-state index in [0.717, 1.165) is 42.6 Å². The fourth-order valence-electron chi connectivity index (χ4n) is 3.28. The third-order valence-electron chi connectivity index (χ3n) is 4.64. The SMILES string of the molecule is O=C(NCc1nncn1-c1ccccc1)c1cc2c([nH]c1=O)CCCC2. The molecule has 7 heteroatoms. The van der Waals surface area contributed by atoms with Crippen molar-refractivity contribution < 1.29 is 4.79 Å². The third-order valence-corrected chi connectivity index (χ3v) is 4.64. The molecule has 1 aliphatic carbocycles. The number of benzene rings is 1.